The first-order valence-electron chi connectivity index (χ1n) is 13.8. The molecule has 3 heterocycles. The Hall–Kier alpha value is -3.99. The Balaban J connectivity index is 1.50. The average molecular weight is 600 g/mol. The van der Waals surface area contributed by atoms with E-state index in [0.29, 0.717) is 36.8 Å². The first-order valence-corrected chi connectivity index (χ1v) is 14.2. The number of halogens is 3. The van der Waals surface area contributed by atoms with Crippen molar-refractivity contribution in [1.82, 2.24) is 19.6 Å². The van der Waals surface area contributed by atoms with Crippen molar-refractivity contribution >= 4 is 29.4 Å². The summed E-state index contributed by atoms with van der Waals surface area (Å²) < 4.78 is 35.2. The molecule has 2 amide bonds. The second kappa shape index (κ2) is 12.5. The van der Waals surface area contributed by atoms with Gasteiger partial charge in [-0.3, -0.25) is 14.5 Å². The van der Waals surface area contributed by atoms with Gasteiger partial charge in [-0.2, -0.15) is 5.10 Å². The van der Waals surface area contributed by atoms with Crippen LogP contribution in [0.25, 0.3) is 0 Å². The molecule has 0 saturated carbocycles. The molecule has 2 saturated heterocycles. The molecule has 3 atom stereocenters. The monoisotopic (exact) mass is 599 g/mol. The molecule has 9 nitrogen and oxygen atoms in total. The van der Waals surface area contributed by atoms with Crippen molar-refractivity contribution in [3.8, 4) is 0 Å². The number of rotatable bonds is 4. The number of carbonyl (C=O) groups excluding carboxylic acids is 2. The lowest BCUT2D eigenvalue weighted by atomic mass is 9.87. The fourth-order valence-electron chi connectivity index (χ4n) is 5.90. The number of ether oxygens (including phenoxy) is 1. The third-order valence-electron chi connectivity index (χ3n) is 8.09. The summed E-state index contributed by atoms with van der Waals surface area (Å²) in [5.74, 6) is -2.46. The van der Waals surface area contributed by atoms with E-state index < -0.39 is 35.6 Å². The van der Waals surface area contributed by atoms with Crippen LogP contribution in [0.4, 0.5) is 19.4 Å². The van der Waals surface area contributed by atoms with E-state index in [4.69, 9.17) is 16.3 Å². The highest BCUT2D eigenvalue weighted by atomic mass is 35.5. The molecule has 222 valence electrons. The van der Waals surface area contributed by atoms with Crippen molar-refractivity contribution < 1.29 is 23.1 Å². The summed E-state index contributed by atoms with van der Waals surface area (Å²) in [7, 11) is 2.86. The van der Waals surface area contributed by atoms with E-state index in [9.17, 15) is 18.8 Å². The summed E-state index contributed by atoms with van der Waals surface area (Å²) in [5.41, 5.74) is 0.753. The maximum Gasteiger partial charge on any atom is 0.410 e. The molecule has 2 fully saturated rings. The van der Waals surface area contributed by atoms with Gasteiger partial charge in [-0.1, -0.05) is 29.8 Å². The lowest BCUT2D eigenvalue weighted by Gasteiger charge is -2.38. The van der Waals surface area contributed by atoms with Gasteiger partial charge in [0.05, 0.1) is 19.1 Å². The summed E-state index contributed by atoms with van der Waals surface area (Å²) in [5, 5.41) is 4.88. The molecule has 0 spiro atoms. The van der Waals surface area contributed by atoms with Gasteiger partial charge in [-0.05, 0) is 48.2 Å². The summed E-state index contributed by atoms with van der Waals surface area (Å²) in [6.07, 6.45) is 0.807. The summed E-state index contributed by atoms with van der Waals surface area (Å²) in [4.78, 5) is 44.3. The number of methoxy groups -OCH3 is 1. The molecule has 1 unspecified atom stereocenters. The Kier molecular flexibility index (Phi) is 8.77. The minimum absolute atomic E-state index is 0.197. The Morgan fingerprint density at radius 2 is 1.71 bits per heavy atom. The van der Waals surface area contributed by atoms with Crippen LogP contribution in [-0.2, 0) is 16.6 Å². The minimum atomic E-state index is -0.725. The smallest absolute Gasteiger partial charge is 0.410 e. The number of hydrogen-bond donors (Lipinski definition) is 0. The molecule has 1 aromatic heterocycles. The Labute approximate surface area is 247 Å². The van der Waals surface area contributed by atoms with E-state index in [1.165, 1.54) is 37.0 Å². The number of benzene rings is 2. The second-order valence-electron chi connectivity index (χ2n) is 10.7. The molecule has 0 N–H and O–H groups in total. The van der Waals surface area contributed by atoms with Crippen LogP contribution in [0.15, 0.2) is 59.4 Å². The van der Waals surface area contributed by atoms with Crippen LogP contribution in [0.2, 0.25) is 5.02 Å². The number of amides is 2. The third-order valence-corrected chi connectivity index (χ3v) is 8.34. The van der Waals surface area contributed by atoms with Crippen LogP contribution in [0, 0.1) is 17.6 Å². The molecule has 42 heavy (non-hydrogen) atoms. The number of aryl methyl sites for hydroxylation is 1. The van der Waals surface area contributed by atoms with Crippen molar-refractivity contribution in [2.75, 3.05) is 44.7 Å². The van der Waals surface area contributed by atoms with Crippen LogP contribution >= 0.6 is 11.6 Å². The van der Waals surface area contributed by atoms with Crippen molar-refractivity contribution in [3.05, 3.63) is 92.7 Å². The first-order chi connectivity index (χ1) is 20.2. The van der Waals surface area contributed by atoms with Gasteiger partial charge in [0.2, 0.25) is 5.91 Å². The Morgan fingerprint density at radius 3 is 2.40 bits per heavy atom. The summed E-state index contributed by atoms with van der Waals surface area (Å²) >= 11 is 6.13. The van der Waals surface area contributed by atoms with Crippen LogP contribution < -0.4 is 10.5 Å². The Morgan fingerprint density at radius 1 is 0.976 bits per heavy atom. The van der Waals surface area contributed by atoms with Crippen molar-refractivity contribution in [2.45, 2.75) is 24.8 Å². The molecule has 2 aromatic carbocycles. The van der Waals surface area contributed by atoms with Crippen molar-refractivity contribution in [2.24, 2.45) is 13.0 Å². The molecule has 2 aliphatic rings. The summed E-state index contributed by atoms with van der Waals surface area (Å²) in [6, 6.07) is 13.0. The van der Waals surface area contributed by atoms with Crippen LogP contribution in [0.1, 0.15) is 35.9 Å². The fraction of sp³-hybridized carbons (Fsp3) is 0.400. The van der Waals surface area contributed by atoms with Crippen LogP contribution in [-0.4, -0.2) is 71.4 Å². The zero-order valence-corrected chi connectivity index (χ0v) is 24.1. The lowest BCUT2D eigenvalue weighted by Crippen LogP contribution is -2.48. The predicted octanol–water partition coefficient (Wildman–Crippen LogP) is 4.36. The van der Waals surface area contributed by atoms with E-state index in [1.807, 2.05) is 17.0 Å². The van der Waals surface area contributed by atoms with E-state index in [1.54, 1.807) is 28.0 Å². The molecule has 12 heteroatoms. The Bertz CT molecular complexity index is 1520. The third kappa shape index (κ3) is 6.11. The summed E-state index contributed by atoms with van der Waals surface area (Å²) in [6.45, 7) is 1.57. The average Bonchev–Trinajstić information content (AvgIpc) is 3.40. The van der Waals surface area contributed by atoms with Crippen LogP contribution in [0.3, 0.4) is 0 Å². The quantitative estimate of drug-likeness (QED) is 0.443. The van der Waals surface area contributed by atoms with Crippen molar-refractivity contribution in [1.29, 1.82) is 0 Å². The van der Waals surface area contributed by atoms with Gasteiger partial charge in [0.25, 0.3) is 5.56 Å². The molecule has 0 radical (unpaired) electrons. The zero-order valence-electron chi connectivity index (χ0n) is 23.4. The van der Waals surface area contributed by atoms with Gasteiger partial charge in [0, 0.05) is 62.8 Å². The fourth-order valence-corrected chi connectivity index (χ4v) is 6.02. The van der Waals surface area contributed by atoms with E-state index >= 15 is 4.39 Å². The highest BCUT2D eigenvalue weighted by molar-refractivity contribution is 6.30. The zero-order chi connectivity index (χ0) is 30.0. The predicted molar refractivity (Wildman–Crippen MR) is 153 cm³/mol. The van der Waals surface area contributed by atoms with Gasteiger partial charge >= 0.3 is 6.09 Å². The standard InChI is InChI=1S/C30H32ClF2N5O4/c1-35-28(39)12-11-27(34-35)37-16-23(22-10-9-21(32)15-25(22)33)24(17-37)29(40)36-13-3-4-14-38(30(41)42-2)26(18-36)19-5-7-20(31)8-6-19/h5-12,15,23-24,26H,3-4,13-14,16-18H2,1-2H3/t23-,24+,26?/m0/s1. The number of aromatic nitrogens is 2. The molecule has 0 aliphatic carbocycles. The van der Waals surface area contributed by atoms with E-state index in [-0.39, 0.29) is 36.7 Å². The highest BCUT2D eigenvalue weighted by Crippen LogP contribution is 2.38. The van der Waals surface area contributed by atoms with Gasteiger partial charge in [0.15, 0.2) is 0 Å². The molecule has 0 bridgehead atoms. The van der Waals surface area contributed by atoms with Gasteiger partial charge in [-0.25, -0.2) is 18.3 Å². The molecule has 2 aliphatic heterocycles. The normalized spacial score (nSPS) is 21.2. The van der Waals surface area contributed by atoms with E-state index in [2.05, 4.69) is 5.10 Å². The SMILES string of the molecule is COC(=O)N1CCCCN(C(=O)[C@@H]2CN(c3ccc(=O)n(C)n3)C[C@H]2c2ccc(F)cc2F)CC1c1ccc(Cl)cc1. The van der Waals surface area contributed by atoms with E-state index in [0.717, 1.165) is 11.6 Å². The van der Waals surface area contributed by atoms with Gasteiger partial charge in [0.1, 0.15) is 17.5 Å². The number of anilines is 1. The number of carbonyl (C=O) groups is 2. The maximum atomic E-state index is 15.1. The van der Waals surface area contributed by atoms with Crippen molar-refractivity contribution in [3.63, 3.8) is 0 Å². The molecule has 3 aromatic rings. The molecular weight excluding hydrogens is 568 g/mol. The lowest BCUT2D eigenvalue weighted by molar-refractivity contribution is -0.136. The largest absolute Gasteiger partial charge is 0.453 e. The van der Waals surface area contributed by atoms with Gasteiger partial charge < -0.3 is 14.5 Å². The molecular formula is C30H32ClF2N5O4. The minimum Gasteiger partial charge on any atom is -0.453 e. The maximum absolute atomic E-state index is 15.1. The first kappa shape index (κ1) is 29.5. The topological polar surface area (TPSA) is 88.0 Å². The number of nitrogens with zero attached hydrogens (tertiary/aromatic N) is 5. The highest BCUT2D eigenvalue weighted by Gasteiger charge is 2.43. The van der Waals surface area contributed by atoms with Crippen LogP contribution in [0.5, 0.6) is 0 Å². The molecule has 5 rings (SSSR count). The second-order valence-corrected chi connectivity index (χ2v) is 11.1. The number of hydrogen-bond acceptors (Lipinski definition) is 6. The van der Waals surface area contributed by atoms with Gasteiger partial charge in [-0.15, -0.1) is 0 Å².